The van der Waals surface area contributed by atoms with Crippen molar-refractivity contribution in [1.82, 2.24) is 8.75 Å². The number of aromatic nitrogens is 2. The van der Waals surface area contributed by atoms with E-state index < -0.39 is 0 Å². The maximum absolute atomic E-state index is 5.81. The lowest BCUT2D eigenvalue weighted by atomic mass is 10.1. The van der Waals surface area contributed by atoms with Crippen LogP contribution in [0.5, 0.6) is 17.4 Å². The van der Waals surface area contributed by atoms with Gasteiger partial charge < -0.3 is 9.47 Å². The Kier molecular flexibility index (Phi) is 3.81. The van der Waals surface area contributed by atoms with Gasteiger partial charge in [-0.3, -0.25) is 0 Å². The molecule has 0 N–H and O–H groups in total. The molecule has 0 aliphatic carbocycles. The molecule has 0 aliphatic rings. The highest BCUT2D eigenvalue weighted by molar-refractivity contribution is 6.99. The number of halogens is 1. The monoisotopic (exact) mass is 270 g/mol. The molecule has 0 radical (unpaired) electrons. The second kappa shape index (κ2) is 5.33. The lowest BCUT2D eigenvalue weighted by Crippen LogP contribution is -1.92. The largest absolute Gasteiger partial charge is 0.493 e. The predicted octanol–water partition coefficient (Wildman–Crippen LogP) is 3.55. The highest BCUT2D eigenvalue weighted by Gasteiger charge is 2.11. The Balaban J connectivity index is 2.29. The van der Waals surface area contributed by atoms with E-state index in [9.17, 15) is 0 Å². The zero-order valence-corrected chi connectivity index (χ0v) is 11.0. The second-order valence-electron chi connectivity index (χ2n) is 3.30. The molecule has 0 atom stereocenters. The number of nitrogens with zero attached hydrogens (tertiary/aromatic N) is 2. The van der Waals surface area contributed by atoms with Gasteiger partial charge in [0.05, 0.1) is 18.8 Å². The summed E-state index contributed by atoms with van der Waals surface area (Å²) < 4.78 is 18.6. The van der Waals surface area contributed by atoms with Crippen molar-refractivity contribution in [2.45, 2.75) is 13.3 Å². The standard InChI is InChI=1S/C11H11ClN2O2S/c1-3-7-4-5-8(9(6-7)15-2)16-11-10(12)13-17-14-11/h4-6H,3H2,1-2H3. The van der Waals surface area contributed by atoms with E-state index in [0.717, 1.165) is 18.1 Å². The minimum Gasteiger partial charge on any atom is -0.493 e. The fraction of sp³-hybridized carbons (Fsp3) is 0.273. The Bertz CT molecular complexity index is 516. The van der Waals surface area contributed by atoms with Gasteiger partial charge >= 0.3 is 0 Å². The lowest BCUT2D eigenvalue weighted by molar-refractivity contribution is 0.375. The Morgan fingerprint density at radius 2 is 2.12 bits per heavy atom. The highest BCUT2D eigenvalue weighted by atomic mass is 35.5. The van der Waals surface area contributed by atoms with Crippen molar-refractivity contribution in [2.24, 2.45) is 0 Å². The van der Waals surface area contributed by atoms with E-state index in [1.807, 2.05) is 18.2 Å². The first kappa shape index (κ1) is 12.1. The van der Waals surface area contributed by atoms with Crippen molar-refractivity contribution in [3.8, 4) is 17.4 Å². The van der Waals surface area contributed by atoms with Crippen molar-refractivity contribution >= 4 is 23.3 Å². The third-order valence-corrected chi connectivity index (χ3v) is 3.12. The third kappa shape index (κ3) is 2.68. The molecule has 0 saturated heterocycles. The minimum absolute atomic E-state index is 0.261. The topological polar surface area (TPSA) is 44.2 Å². The molecule has 0 saturated carbocycles. The van der Waals surface area contributed by atoms with Gasteiger partial charge in [0.25, 0.3) is 5.88 Å². The minimum atomic E-state index is 0.261. The van der Waals surface area contributed by atoms with Crippen LogP contribution in [0.2, 0.25) is 5.15 Å². The summed E-state index contributed by atoms with van der Waals surface area (Å²) >= 11 is 6.82. The summed E-state index contributed by atoms with van der Waals surface area (Å²) in [4.78, 5) is 0. The average molecular weight is 271 g/mol. The average Bonchev–Trinajstić information content (AvgIpc) is 2.75. The van der Waals surface area contributed by atoms with Crippen LogP contribution in [0.3, 0.4) is 0 Å². The van der Waals surface area contributed by atoms with Gasteiger partial charge in [0.2, 0.25) is 5.15 Å². The molecule has 1 heterocycles. The fourth-order valence-electron chi connectivity index (χ4n) is 1.35. The first-order valence-electron chi connectivity index (χ1n) is 5.07. The maximum atomic E-state index is 5.81. The molecule has 2 rings (SSSR count). The Labute approximate surface area is 108 Å². The van der Waals surface area contributed by atoms with Crippen LogP contribution >= 0.6 is 23.3 Å². The SMILES string of the molecule is CCc1ccc(Oc2nsnc2Cl)c(OC)c1. The number of hydrogen-bond acceptors (Lipinski definition) is 5. The maximum Gasteiger partial charge on any atom is 0.271 e. The van der Waals surface area contributed by atoms with Crippen molar-refractivity contribution in [1.29, 1.82) is 0 Å². The van der Waals surface area contributed by atoms with Gasteiger partial charge in [0.15, 0.2) is 11.5 Å². The molecule has 0 amide bonds. The van der Waals surface area contributed by atoms with E-state index in [4.69, 9.17) is 21.1 Å². The molecule has 0 bridgehead atoms. The Morgan fingerprint density at radius 3 is 2.71 bits per heavy atom. The summed E-state index contributed by atoms with van der Waals surface area (Å²) in [5, 5.41) is 0.261. The van der Waals surface area contributed by atoms with Crippen LogP contribution in [-0.2, 0) is 6.42 Å². The molecule has 0 aliphatic heterocycles. The van der Waals surface area contributed by atoms with Gasteiger partial charge in [-0.15, -0.1) is 4.37 Å². The molecule has 90 valence electrons. The summed E-state index contributed by atoms with van der Waals surface area (Å²) in [6.07, 6.45) is 0.940. The number of benzene rings is 1. The Morgan fingerprint density at radius 1 is 1.29 bits per heavy atom. The molecular formula is C11H11ClN2O2S. The zero-order valence-electron chi connectivity index (χ0n) is 9.44. The van der Waals surface area contributed by atoms with Crippen LogP contribution in [0, 0.1) is 0 Å². The van der Waals surface area contributed by atoms with Gasteiger partial charge in [-0.05, 0) is 24.1 Å². The smallest absolute Gasteiger partial charge is 0.271 e. The van der Waals surface area contributed by atoms with Gasteiger partial charge in [-0.1, -0.05) is 24.6 Å². The van der Waals surface area contributed by atoms with Gasteiger partial charge in [-0.25, -0.2) is 0 Å². The quantitative estimate of drug-likeness (QED) is 0.852. The fourth-order valence-corrected chi connectivity index (χ4v) is 1.96. The van der Waals surface area contributed by atoms with Crippen LogP contribution in [0.1, 0.15) is 12.5 Å². The summed E-state index contributed by atoms with van der Waals surface area (Å²) in [7, 11) is 1.60. The van der Waals surface area contributed by atoms with E-state index in [0.29, 0.717) is 17.4 Å². The number of ether oxygens (including phenoxy) is 2. The lowest BCUT2D eigenvalue weighted by Gasteiger charge is -2.09. The van der Waals surface area contributed by atoms with Gasteiger partial charge in [-0.2, -0.15) is 4.37 Å². The normalized spacial score (nSPS) is 10.3. The van der Waals surface area contributed by atoms with Crippen LogP contribution < -0.4 is 9.47 Å². The summed E-state index contributed by atoms with van der Waals surface area (Å²) in [5.74, 6) is 1.55. The molecule has 4 nitrogen and oxygen atoms in total. The molecular weight excluding hydrogens is 260 g/mol. The van der Waals surface area contributed by atoms with E-state index in [2.05, 4.69) is 15.7 Å². The van der Waals surface area contributed by atoms with Crippen LogP contribution in [0.25, 0.3) is 0 Å². The van der Waals surface area contributed by atoms with Crippen molar-refractivity contribution in [2.75, 3.05) is 7.11 Å². The van der Waals surface area contributed by atoms with E-state index in [-0.39, 0.29) is 5.15 Å². The summed E-state index contributed by atoms with van der Waals surface area (Å²) in [6, 6.07) is 5.75. The third-order valence-electron chi connectivity index (χ3n) is 2.26. The highest BCUT2D eigenvalue weighted by Crippen LogP contribution is 2.34. The number of aryl methyl sites for hydroxylation is 1. The number of rotatable bonds is 4. The van der Waals surface area contributed by atoms with Crippen molar-refractivity contribution in [3.05, 3.63) is 28.9 Å². The zero-order chi connectivity index (χ0) is 12.3. The summed E-state index contributed by atoms with van der Waals surface area (Å²) in [5.41, 5.74) is 1.18. The molecule has 17 heavy (non-hydrogen) atoms. The second-order valence-corrected chi connectivity index (χ2v) is 4.19. The number of methoxy groups -OCH3 is 1. The van der Waals surface area contributed by atoms with Crippen LogP contribution in [0.4, 0.5) is 0 Å². The number of hydrogen-bond donors (Lipinski definition) is 0. The van der Waals surface area contributed by atoms with Crippen molar-refractivity contribution in [3.63, 3.8) is 0 Å². The molecule has 1 aromatic carbocycles. The van der Waals surface area contributed by atoms with E-state index in [1.165, 1.54) is 5.56 Å². The molecule has 2 aromatic rings. The van der Waals surface area contributed by atoms with Gasteiger partial charge in [0, 0.05) is 0 Å². The molecule has 6 heteroatoms. The van der Waals surface area contributed by atoms with Crippen molar-refractivity contribution < 1.29 is 9.47 Å². The molecule has 0 fully saturated rings. The van der Waals surface area contributed by atoms with E-state index >= 15 is 0 Å². The summed E-state index contributed by atoms with van der Waals surface area (Å²) in [6.45, 7) is 2.08. The van der Waals surface area contributed by atoms with Crippen LogP contribution in [-0.4, -0.2) is 15.9 Å². The predicted molar refractivity (Wildman–Crippen MR) is 67.4 cm³/mol. The molecule has 1 aromatic heterocycles. The Hall–Kier alpha value is -1.33. The first-order valence-corrected chi connectivity index (χ1v) is 6.18. The molecule has 0 spiro atoms. The van der Waals surface area contributed by atoms with E-state index in [1.54, 1.807) is 7.11 Å². The first-order chi connectivity index (χ1) is 8.24. The molecule has 0 unspecified atom stereocenters. The van der Waals surface area contributed by atoms with Crippen LogP contribution in [0.15, 0.2) is 18.2 Å². The van der Waals surface area contributed by atoms with Gasteiger partial charge in [0.1, 0.15) is 0 Å².